The van der Waals surface area contributed by atoms with Crippen molar-refractivity contribution in [1.82, 2.24) is 0 Å². The molecule has 1 aliphatic carbocycles. The van der Waals surface area contributed by atoms with Crippen molar-refractivity contribution in [1.29, 1.82) is 0 Å². The Hall–Kier alpha value is -1.77. The molecule has 0 N–H and O–H groups in total. The van der Waals surface area contributed by atoms with Gasteiger partial charge in [0.1, 0.15) is 11.5 Å². The summed E-state index contributed by atoms with van der Waals surface area (Å²) in [5.74, 6) is 2.50. The van der Waals surface area contributed by atoms with Crippen LogP contribution in [0.25, 0.3) is 5.57 Å². The topological polar surface area (TPSA) is 30.8 Å². The van der Waals surface area contributed by atoms with Gasteiger partial charge in [0, 0.05) is 17.8 Å². The minimum atomic E-state index is 0.742. The minimum Gasteiger partial charge on any atom is -0.497 e. The average molecular weight is 243 g/mol. The fourth-order valence-electron chi connectivity index (χ4n) is 2.03. The number of methoxy groups -OCH3 is 1. The molecule has 0 atom stereocenters. The van der Waals surface area contributed by atoms with Gasteiger partial charge in [-0.3, -0.25) is 4.99 Å². The highest BCUT2D eigenvalue weighted by molar-refractivity contribution is 5.91. The third kappa shape index (κ3) is 2.40. The SMILES string of the molecule is COc1ccc(C2=CC=NC2)c(OCC2CC2)c1. The van der Waals surface area contributed by atoms with E-state index in [4.69, 9.17) is 9.47 Å². The van der Waals surface area contributed by atoms with Gasteiger partial charge in [-0.05, 0) is 42.5 Å². The third-order valence-electron chi connectivity index (χ3n) is 3.35. The van der Waals surface area contributed by atoms with Crippen molar-refractivity contribution in [2.75, 3.05) is 20.3 Å². The summed E-state index contributed by atoms with van der Waals surface area (Å²) in [6.45, 7) is 1.56. The Balaban J connectivity index is 1.85. The summed E-state index contributed by atoms with van der Waals surface area (Å²) in [6.07, 6.45) is 6.49. The number of ether oxygens (including phenoxy) is 2. The smallest absolute Gasteiger partial charge is 0.130 e. The molecule has 1 aromatic rings. The van der Waals surface area contributed by atoms with Crippen molar-refractivity contribution in [3.8, 4) is 11.5 Å². The standard InChI is InChI=1S/C15H17NO2/c1-17-13-4-5-14(12-6-7-16-9-12)15(8-13)18-10-11-2-3-11/h4-8,11H,2-3,9-10H2,1H3. The Bertz CT molecular complexity index is 501. The van der Waals surface area contributed by atoms with E-state index < -0.39 is 0 Å². The molecule has 2 aliphatic rings. The maximum absolute atomic E-state index is 5.94. The molecule has 0 saturated heterocycles. The van der Waals surface area contributed by atoms with Crippen LogP contribution in [0, 0.1) is 5.92 Å². The van der Waals surface area contributed by atoms with Crippen LogP contribution in [0.3, 0.4) is 0 Å². The van der Waals surface area contributed by atoms with E-state index >= 15 is 0 Å². The third-order valence-corrected chi connectivity index (χ3v) is 3.35. The molecule has 94 valence electrons. The number of hydrogen-bond acceptors (Lipinski definition) is 3. The van der Waals surface area contributed by atoms with Gasteiger partial charge in [0.25, 0.3) is 0 Å². The quantitative estimate of drug-likeness (QED) is 0.796. The number of allylic oxidation sites excluding steroid dienone is 1. The lowest BCUT2D eigenvalue weighted by molar-refractivity contribution is 0.297. The van der Waals surface area contributed by atoms with E-state index in [9.17, 15) is 0 Å². The van der Waals surface area contributed by atoms with Crippen LogP contribution in [-0.2, 0) is 0 Å². The maximum atomic E-state index is 5.94. The van der Waals surface area contributed by atoms with E-state index in [0.29, 0.717) is 0 Å². The van der Waals surface area contributed by atoms with E-state index in [-0.39, 0.29) is 0 Å². The van der Waals surface area contributed by atoms with Gasteiger partial charge in [0.05, 0.1) is 20.3 Å². The molecule has 0 unspecified atom stereocenters. The molecule has 3 heteroatoms. The van der Waals surface area contributed by atoms with Crippen LogP contribution >= 0.6 is 0 Å². The van der Waals surface area contributed by atoms with Crippen LogP contribution in [0.1, 0.15) is 18.4 Å². The van der Waals surface area contributed by atoms with Crippen LogP contribution in [0.2, 0.25) is 0 Å². The lowest BCUT2D eigenvalue weighted by Crippen LogP contribution is -2.02. The Kier molecular flexibility index (Phi) is 3.05. The van der Waals surface area contributed by atoms with Crippen molar-refractivity contribution in [3.05, 3.63) is 29.8 Å². The van der Waals surface area contributed by atoms with E-state index in [1.807, 2.05) is 24.4 Å². The zero-order valence-electron chi connectivity index (χ0n) is 10.6. The van der Waals surface area contributed by atoms with Crippen LogP contribution in [0.5, 0.6) is 11.5 Å². The molecular weight excluding hydrogens is 226 g/mol. The predicted octanol–water partition coefficient (Wildman–Crippen LogP) is 2.95. The number of nitrogens with zero attached hydrogens (tertiary/aromatic N) is 1. The fourth-order valence-corrected chi connectivity index (χ4v) is 2.03. The molecule has 18 heavy (non-hydrogen) atoms. The molecule has 1 fully saturated rings. The lowest BCUT2D eigenvalue weighted by Gasteiger charge is -2.13. The summed E-state index contributed by atoms with van der Waals surface area (Å²) >= 11 is 0. The summed E-state index contributed by atoms with van der Waals surface area (Å²) < 4.78 is 11.2. The number of rotatable bonds is 5. The Morgan fingerprint density at radius 2 is 2.22 bits per heavy atom. The molecule has 0 aromatic heterocycles. The highest BCUT2D eigenvalue weighted by Crippen LogP contribution is 2.34. The first-order valence-corrected chi connectivity index (χ1v) is 6.37. The molecule has 0 bridgehead atoms. The van der Waals surface area contributed by atoms with Crippen molar-refractivity contribution in [3.63, 3.8) is 0 Å². The summed E-state index contributed by atoms with van der Waals surface area (Å²) in [7, 11) is 1.68. The van der Waals surface area contributed by atoms with Gasteiger partial charge in [0.15, 0.2) is 0 Å². The molecule has 0 spiro atoms. The lowest BCUT2D eigenvalue weighted by atomic mass is 10.1. The van der Waals surface area contributed by atoms with Gasteiger partial charge in [-0.1, -0.05) is 0 Å². The second-order valence-electron chi connectivity index (χ2n) is 4.80. The molecule has 1 aliphatic heterocycles. The van der Waals surface area contributed by atoms with Crippen LogP contribution in [0.4, 0.5) is 0 Å². The predicted molar refractivity (Wildman–Crippen MR) is 72.5 cm³/mol. The van der Waals surface area contributed by atoms with E-state index in [1.54, 1.807) is 7.11 Å². The van der Waals surface area contributed by atoms with E-state index in [2.05, 4.69) is 11.1 Å². The highest BCUT2D eigenvalue weighted by Gasteiger charge is 2.23. The first-order valence-electron chi connectivity index (χ1n) is 6.37. The molecule has 3 rings (SSSR count). The monoisotopic (exact) mass is 243 g/mol. The number of hydrogen-bond donors (Lipinski definition) is 0. The van der Waals surface area contributed by atoms with E-state index in [0.717, 1.165) is 36.1 Å². The molecule has 1 saturated carbocycles. The Morgan fingerprint density at radius 1 is 1.33 bits per heavy atom. The van der Waals surface area contributed by atoms with Crippen molar-refractivity contribution >= 4 is 11.8 Å². The Morgan fingerprint density at radius 3 is 2.89 bits per heavy atom. The zero-order valence-corrected chi connectivity index (χ0v) is 10.6. The molecule has 0 radical (unpaired) electrons. The van der Waals surface area contributed by atoms with Crippen molar-refractivity contribution < 1.29 is 9.47 Å². The minimum absolute atomic E-state index is 0.742. The molecule has 1 aromatic carbocycles. The summed E-state index contributed by atoms with van der Waals surface area (Å²) in [6, 6.07) is 6.00. The first-order chi connectivity index (χ1) is 8.86. The van der Waals surface area contributed by atoms with Gasteiger partial charge < -0.3 is 9.47 Å². The average Bonchev–Trinajstić information content (AvgIpc) is 3.08. The molecule has 3 nitrogen and oxygen atoms in total. The second kappa shape index (κ2) is 4.84. The molecule has 1 heterocycles. The fraction of sp³-hybridized carbons (Fsp3) is 0.400. The zero-order chi connectivity index (χ0) is 12.4. The maximum Gasteiger partial charge on any atom is 0.130 e. The summed E-state index contributed by atoms with van der Waals surface area (Å²) in [5.41, 5.74) is 2.34. The molecular formula is C15H17NO2. The first kappa shape index (κ1) is 11.3. The highest BCUT2D eigenvalue weighted by atomic mass is 16.5. The summed E-state index contributed by atoms with van der Waals surface area (Å²) in [4.78, 5) is 4.23. The van der Waals surface area contributed by atoms with Gasteiger partial charge in [0.2, 0.25) is 0 Å². The van der Waals surface area contributed by atoms with Gasteiger partial charge in [-0.25, -0.2) is 0 Å². The van der Waals surface area contributed by atoms with E-state index in [1.165, 1.54) is 18.4 Å². The van der Waals surface area contributed by atoms with Gasteiger partial charge >= 0.3 is 0 Å². The van der Waals surface area contributed by atoms with Crippen molar-refractivity contribution in [2.24, 2.45) is 10.9 Å². The Labute approximate surface area is 107 Å². The van der Waals surface area contributed by atoms with Crippen LogP contribution in [-0.4, -0.2) is 26.5 Å². The largest absolute Gasteiger partial charge is 0.497 e. The second-order valence-corrected chi connectivity index (χ2v) is 4.80. The number of benzene rings is 1. The summed E-state index contributed by atoms with van der Waals surface area (Å²) in [5, 5.41) is 0. The van der Waals surface area contributed by atoms with Crippen molar-refractivity contribution in [2.45, 2.75) is 12.8 Å². The van der Waals surface area contributed by atoms with Crippen LogP contribution < -0.4 is 9.47 Å². The number of aliphatic imine (C=N–C) groups is 1. The van der Waals surface area contributed by atoms with Gasteiger partial charge in [-0.15, -0.1) is 0 Å². The molecule has 0 amide bonds. The van der Waals surface area contributed by atoms with Gasteiger partial charge in [-0.2, -0.15) is 0 Å². The normalized spacial score (nSPS) is 17.7. The van der Waals surface area contributed by atoms with Crippen LogP contribution in [0.15, 0.2) is 29.3 Å².